The lowest BCUT2D eigenvalue weighted by Crippen LogP contribution is -2.38. The van der Waals surface area contributed by atoms with Gasteiger partial charge in [0.05, 0.1) is 18.1 Å². The number of rotatable bonds is 4. The molecule has 1 saturated carbocycles. The molecule has 21 heavy (non-hydrogen) atoms. The molecule has 114 valence electrons. The number of nitro groups is 1. The Bertz CT molecular complexity index is 538. The number of carbonyl (C=O) groups excluding carboxylic acids is 1. The van der Waals surface area contributed by atoms with E-state index in [-0.39, 0.29) is 29.5 Å². The molecule has 2 rings (SSSR count). The third-order valence-corrected chi connectivity index (χ3v) is 3.67. The van der Waals surface area contributed by atoms with Crippen molar-refractivity contribution in [2.24, 2.45) is 0 Å². The van der Waals surface area contributed by atoms with E-state index in [0.717, 1.165) is 12.8 Å². The first kappa shape index (κ1) is 15.2. The fraction of sp³-hybridized carbons (Fsp3) is 0.500. The molecule has 7 heteroatoms. The summed E-state index contributed by atoms with van der Waals surface area (Å²) in [5, 5.41) is 23.1. The van der Waals surface area contributed by atoms with Crippen LogP contribution in [-0.4, -0.2) is 35.2 Å². The second-order valence-corrected chi connectivity index (χ2v) is 5.12. The normalized spacial score (nSPS) is 21.6. The Morgan fingerprint density at radius 3 is 2.62 bits per heavy atom. The molecule has 1 fully saturated rings. The topological polar surface area (TPSA) is 102 Å². The summed E-state index contributed by atoms with van der Waals surface area (Å²) in [5.74, 6) is -0.226. The monoisotopic (exact) mass is 294 g/mol. The number of ether oxygens (including phenoxy) is 1. The summed E-state index contributed by atoms with van der Waals surface area (Å²) in [6.07, 6.45) is 2.54. The Hall–Kier alpha value is -2.15. The van der Waals surface area contributed by atoms with E-state index in [0.29, 0.717) is 18.4 Å². The highest BCUT2D eigenvalue weighted by Gasteiger charge is 2.22. The minimum Gasteiger partial charge on any atom is -0.490 e. The smallest absolute Gasteiger partial charge is 0.310 e. The molecule has 0 aromatic heterocycles. The van der Waals surface area contributed by atoms with Gasteiger partial charge < -0.3 is 15.2 Å². The van der Waals surface area contributed by atoms with E-state index in [9.17, 15) is 20.0 Å². The van der Waals surface area contributed by atoms with Gasteiger partial charge in [0.25, 0.3) is 5.91 Å². The number of hydrogen-bond acceptors (Lipinski definition) is 5. The van der Waals surface area contributed by atoms with Crippen molar-refractivity contribution in [2.75, 3.05) is 7.11 Å². The van der Waals surface area contributed by atoms with Gasteiger partial charge in [0, 0.05) is 23.7 Å². The van der Waals surface area contributed by atoms with Gasteiger partial charge in [0.1, 0.15) is 0 Å². The summed E-state index contributed by atoms with van der Waals surface area (Å²) in [6.45, 7) is 0. The molecule has 0 bridgehead atoms. The number of aliphatic hydroxyl groups excluding tert-OH is 1. The summed E-state index contributed by atoms with van der Waals surface area (Å²) in [4.78, 5) is 22.4. The highest BCUT2D eigenvalue weighted by atomic mass is 16.6. The second-order valence-electron chi connectivity index (χ2n) is 5.12. The molecule has 1 amide bonds. The van der Waals surface area contributed by atoms with Gasteiger partial charge in [-0.05, 0) is 31.7 Å². The molecule has 0 unspecified atom stereocenters. The van der Waals surface area contributed by atoms with Crippen molar-refractivity contribution >= 4 is 11.6 Å². The molecule has 1 aliphatic carbocycles. The predicted molar refractivity (Wildman–Crippen MR) is 75.4 cm³/mol. The molecule has 0 spiro atoms. The minimum absolute atomic E-state index is 0.0297. The lowest BCUT2D eigenvalue weighted by atomic mass is 9.93. The Morgan fingerprint density at radius 1 is 1.38 bits per heavy atom. The molecule has 1 aromatic carbocycles. The maximum atomic E-state index is 12.1. The second kappa shape index (κ2) is 6.53. The van der Waals surface area contributed by atoms with Crippen LogP contribution in [0.5, 0.6) is 5.75 Å². The minimum atomic E-state index is -0.553. The SMILES string of the molecule is COc1cc(C(=O)NC2CCC(O)CC2)ccc1[N+](=O)[O-]. The summed E-state index contributed by atoms with van der Waals surface area (Å²) >= 11 is 0. The number of aliphatic hydroxyl groups is 1. The van der Waals surface area contributed by atoms with Crippen LogP contribution in [0.25, 0.3) is 0 Å². The molecule has 7 nitrogen and oxygen atoms in total. The summed E-state index contributed by atoms with van der Waals surface area (Å²) in [7, 11) is 1.33. The molecule has 2 N–H and O–H groups in total. The Kier molecular flexibility index (Phi) is 4.74. The largest absolute Gasteiger partial charge is 0.490 e. The van der Waals surface area contributed by atoms with Gasteiger partial charge in [-0.2, -0.15) is 0 Å². The van der Waals surface area contributed by atoms with Crippen molar-refractivity contribution in [1.82, 2.24) is 5.32 Å². The number of carbonyl (C=O) groups is 1. The van der Waals surface area contributed by atoms with Gasteiger partial charge in [-0.1, -0.05) is 0 Å². The van der Waals surface area contributed by atoms with Crippen LogP contribution in [0.1, 0.15) is 36.0 Å². The zero-order chi connectivity index (χ0) is 15.4. The number of methoxy groups -OCH3 is 1. The van der Waals surface area contributed by atoms with Crippen molar-refractivity contribution in [2.45, 2.75) is 37.8 Å². The zero-order valence-electron chi connectivity index (χ0n) is 11.7. The van der Waals surface area contributed by atoms with E-state index in [4.69, 9.17) is 4.74 Å². The third kappa shape index (κ3) is 3.69. The van der Waals surface area contributed by atoms with Crippen LogP contribution in [0.15, 0.2) is 18.2 Å². The van der Waals surface area contributed by atoms with E-state index in [1.165, 1.54) is 25.3 Å². The van der Waals surface area contributed by atoms with Gasteiger partial charge in [0.15, 0.2) is 5.75 Å². The van der Waals surface area contributed by atoms with E-state index in [1.807, 2.05) is 0 Å². The van der Waals surface area contributed by atoms with E-state index < -0.39 is 4.92 Å². The molecule has 0 heterocycles. The molecule has 1 aromatic rings. The van der Waals surface area contributed by atoms with Gasteiger partial charge >= 0.3 is 5.69 Å². The molecule has 1 aliphatic rings. The molecular weight excluding hydrogens is 276 g/mol. The molecule has 0 radical (unpaired) electrons. The molecular formula is C14H18N2O5. The van der Waals surface area contributed by atoms with Crippen LogP contribution in [0.3, 0.4) is 0 Å². The quantitative estimate of drug-likeness (QED) is 0.649. The highest BCUT2D eigenvalue weighted by Crippen LogP contribution is 2.27. The predicted octanol–water partition coefficient (Wildman–Crippen LogP) is 1.64. The first-order chi connectivity index (χ1) is 10.0. The first-order valence-corrected chi connectivity index (χ1v) is 6.82. The van der Waals surface area contributed by atoms with Crippen LogP contribution in [0, 0.1) is 10.1 Å². The van der Waals surface area contributed by atoms with Crippen LogP contribution >= 0.6 is 0 Å². The van der Waals surface area contributed by atoms with Crippen molar-refractivity contribution in [3.05, 3.63) is 33.9 Å². The number of nitro benzene ring substituents is 1. The lowest BCUT2D eigenvalue weighted by Gasteiger charge is -2.26. The lowest BCUT2D eigenvalue weighted by molar-refractivity contribution is -0.385. The first-order valence-electron chi connectivity index (χ1n) is 6.82. The van der Waals surface area contributed by atoms with Crippen molar-refractivity contribution in [1.29, 1.82) is 0 Å². The zero-order valence-corrected chi connectivity index (χ0v) is 11.7. The van der Waals surface area contributed by atoms with E-state index >= 15 is 0 Å². The number of nitrogens with one attached hydrogen (secondary N) is 1. The van der Waals surface area contributed by atoms with Crippen molar-refractivity contribution in [3.63, 3.8) is 0 Å². The van der Waals surface area contributed by atoms with Crippen molar-refractivity contribution in [3.8, 4) is 5.75 Å². The summed E-state index contributed by atoms with van der Waals surface area (Å²) in [6, 6.07) is 4.07. The Balaban J connectivity index is 2.07. The van der Waals surface area contributed by atoms with Gasteiger partial charge in [-0.25, -0.2) is 0 Å². The summed E-state index contributed by atoms with van der Waals surface area (Å²) in [5.41, 5.74) is 0.151. The maximum absolute atomic E-state index is 12.1. The van der Waals surface area contributed by atoms with E-state index in [2.05, 4.69) is 5.32 Å². The average Bonchev–Trinajstić information content (AvgIpc) is 2.48. The van der Waals surface area contributed by atoms with Crippen LogP contribution in [0.2, 0.25) is 0 Å². The van der Waals surface area contributed by atoms with Crippen LogP contribution in [-0.2, 0) is 0 Å². The van der Waals surface area contributed by atoms with E-state index in [1.54, 1.807) is 0 Å². The molecule has 0 atom stereocenters. The number of benzene rings is 1. The Labute approximate surface area is 122 Å². The highest BCUT2D eigenvalue weighted by molar-refractivity contribution is 5.95. The van der Waals surface area contributed by atoms with Gasteiger partial charge in [0.2, 0.25) is 0 Å². The fourth-order valence-electron chi connectivity index (χ4n) is 2.46. The maximum Gasteiger partial charge on any atom is 0.310 e. The number of hydrogen-bond donors (Lipinski definition) is 2. The Morgan fingerprint density at radius 2 is 2.05 bits per heavy atom. The van der Waals surface area contributed by atoms with Crippen LogP contribution < -0.4 is 10.1 Å². The van der Waals surface area contributed by atoms with Gasteiger partial charge in [-0.15, -0.1) is 0 Å². The van der Waals surface area contributed by atoms with Crippen molar-refractivity contribution < 1.29 is 19.6 Å². The van der Waals surface area contributed by atoms with Crippen LogP contribution in [0.4, 0.5) is 5.69 Å². The average molecular weight is 294 g/mol. The third-order valence-electron chi connectivity index (χ3n) is 3.67. The number of nitrogens with zero attached hydrogens (tertiary/aromatic N) is 1. The fourth-order valence-corrected chi connectivity index (χ4v) is 2.46. The standard InChI is InChI=1S/C14H18N2O5/c1-21-13-8-9(2-7-12(13)16(19)20)14(18)15-10-3-5-11(17)6-4-10/h2,7-8,10-11,17H,3-6H2,1H3,(H,15,18). The molecule has 0 saturated heterocycles. The molecule has 0 aliphatic heterocycles. The van der Waals surface area contributed by atoms with Gasteiger partial charge in [-0.3, -0.25) is 14.9 Å². The summed E-state index contributed by atoms with van der Waals surface area (Å²) < 4.78 is 4.95. The number of amides is 1.